The predicted octanol–water partition coefficient (Wildman–Crippen LogP) is 3.44. The van der Waals surface area contributed by atoms with Gasteiger partial charge in [-0.25, -0.2) is 0 Å². The molecule has 0 spiro atoms. The Kier molecular flexibility index (Phi) is 5.62. The predicted molar refractivity (Wildman–Crippen MR) is 106 cm³/mol. The van der Waals surface area contributed by atoms with Gasteiger partial charge in [-0.3, -0.25) is 9.35 Å². The van der Waals surface area contributed by atoms with Gasteiger partial charge in [0.15, 0.2) is 17.1 Å². The van der Waals surface area contributed by atoms with Crippen LogP contribution in [0.3, 0.4) is 0 Å². The number of phenols is 1. The largest absolute Gasteiger partial charge is 0.504 e. The van der Waals surface area contributed by atoms with Crippen LogP contribution in [0.1, 0.15) is 21.5 Å². The molecule has 0 saturated carbocycles. The Hall–Kier alpha value is -3.30. The maximum Gasteiger partial charge on any atom is 0.269 e. The number of aromatic hydroxyl groups is 1. The first kappa shape index (κ1) is 20.4. The summed E-state index contributed by atoms with van der Waals surface area (Å²) in [5, 5.41) is 11.0. The number of rotatable bonds is 7. The van der Waals surface area contributed by atoms with Crippen LogP contribution in [0.4, 0.5) is 0 Å². The molecule has 0 radical (unpaired) electrons. The van der Waals surface area contributed by atoms with E-state index in [0.29, 0.717) is 16.5 Å². The quantitative estimate of drug-likeness (QED) is 0.340. The van der Waals surface area contributed by atoms with Crippen LogP contribution in [0.25, 0.3) is 17.0 Å². The van der Waals surface area contributed by atoms with E-state index in [-0.39, 0.29) is 22.6 Å². The Morgan fingerprint density at radius 2 is 1.90 bits per heavy atom. The molecule has 0 aliphatic rings. The zero-order valence-corrected chi connectivity index (χ0v) is 16.4. The van der Waals surface area contributed by atoms with E-state index in [9.17, 15) is 18.3 Å². The van der Waals surface area contributed by atoms with Crippen molar-refractivity contribution < 1.29 is 36.8 Å². The van der Waals surface area contributed by atoms with Crippen molar-refractivity contribution in [3.63, 3.8) is 0 Å². The highest BCUT2D eigenvalue weighted by molar-refractivity contribution is 7.85. The normalized spacial score (nSPS) is 11.8. The number of allylic oxidation sites excluding steroid dienone is 1. The first-order chi connectivity index (χ1) is 13.7. The fraction of sp³-hybridized carbons (Fsp3) is 0.150. The Balaban J connectivity index is 2.00. The van der Waals surface area contributed by atoms with Crippen molar-refractivity contribution in [2.24, 2.45) is 0 Å². The van der Waals surface area contributed by atoms with Crippen LogP contribution in [-0.2, 0) is 15.9 Å². The highest BCUT2D eigenvalue weighted by Crippen LogP contribution is 2.45. The van der Waals surface area contributed by atoms with Gasteiger partial charge >= 0.3 is 0 Å². The SMILES string of the molecule is COc1c(C(=O)/C=C/c2cccc(CS(=O)(=O)O)c2)c(O)c(OC)c2occc12. The molecule has 152 valence electrons. The molecule has 0 atom stereocenters. The average molecular weight is 418 g/mol. The summed E-state index contributed by atoms with van der Waals surface area (Å²) in [5.74, 6) is -1.35. The fourth-order valence-corrected chi connectivity index (χ4v) is 3.61. The number of carbonyl (C=O) groups excluding carboxylic acids is 1. The van der Waals surface area contributed by atoms with Gasteiger partial charge < -0.3 is 19.0 Å². The van der Waals surface area contributed by atoms with Crippen LogP contribution in [0, 0.1) is 0 Å². The maximum atomic E-state index is 12.8. The Morgan fingerprint density at radius 1 is 1.17 bits per heavy atom. The molecule has 0 fully saturated rings. The first-order valence-corrected chi connectivity index (χ1v) is 9.96. The van der Waals surface area contributed by atoms with Gasteiger partial charge in [0.1, 0.15) is 17.1 Å². The number of hydrogen-bond acceptors (Lipinski definition) is 7. The molecule has 0 aliphatic carbocycles. The highest BCUT2D eigenvalue weighted by atomic mass is 32.2. The summed E-state index contributed by atoms with van der Waals surface area (Å²) in [6, 6.07) is 7.92. The smallest absolute Gasteiger partial charge is 0.269 e. The van der Waals surface area contributed by atoms with Crippen LogP contribution < -0.4 is 9.47 Å². The van der Waals surface area contributed by atoms with E-state index in [0.717, 1.165) is 0 Å². The molecule has 1 aromatic heterocycles. The van der Waals surface area contributed by atoms with Gasteiger partial charge in [0.2, 0.25) is 5.75 Å². The molecule has 0 unspecified atom stereocenters. The molecule has 2 N–H and O–H groups in total. The molecule has 3 rings (SSSR count). The second kappa shape index (κ2) is 7.98. The summed E-state index contributed by atoms with van der Waals surface area (Å²) < 4.78 is 46.9. The third-order valence-electron chi connectivity index (χ3n) is 4.18. The van der Waals surface area contributed by atoms with Gasteiger partial charge in [0, 0.05) is 0 Å². The van der Waals surface area contributed by atoms with Gasteiger partial charge in [0.05, 0.1) is 25.9 Å². The van der Waals surface area contributed by atoms with Crippen molar-refractivity contribution in [2.45, 2.75) is 5.75 Å². The second-order valence-electron chi connectivity index (χ2n) is 6.12. The van der Waals surface area contributed by atoms with Crippen molar-refractivity contribution in [3.8, 4) is 17.2 Å². The number of furan rings is 1. The van der Waals surface area contributed by atoms with Crippen molar-refractivity contribution in [3.05, 3.63) is 59.4 Å². The molecule has 2 aromatic carbocycles. The van der Waals surface area contributed by atoms with Crippen molar-refractivity contribution in [1.82, 2.24) is 0 Å². The molecule has 0 bridgehead atoms. The number of fused-ring (bicyclic) bond motifs is 1. The van der Waals surface area contributed by atoms with E-state index in [4.69, 9.17) is 18.4 Å². The number of hydrogen-bond donors (Lipinski definition) is 2. The third-order valence-corrected chi connectivity index (χ3v) is 4.88. The average Bonchev–Trinajstić information content (AvgIpc) is 3.13. The molecule has 3 aromatic rings. The minimum absolute atomic E-state index is 0.0118. The lowest BCUT2D eigenvalue weighted by Gasteiger charge is -2.13. The first-order valence-electron chi connectivity index (χ1n) is 8.35. The zero-order chi connectivity index (χ0) is 21.2. The van der Waals surface area contributed by atoms with Gasteiger partial charge in [0.25, 0.3) is 10.1 Å². The highest BCUT2D eigenvalue weighted by Gasteiger charge is 2.26. The van der Waals surface area contributed by atoms with Crippen LogP contribution in [0.2, 0.25) is 0 Å². The topological polar surface area (TPSA) is 123 Å². The number of ketones is 1. The summed E-state index contributed by atoms with van der Waals surface area (Å²) in [7, 11) is -1.46. The minimum Gasteiger partial charge on any atom is -0.504 e. The molecule has 0 amide bonds. The molecule has 0 aliphatic heterocycles. The Labute approximate surface area is 166 Å². The van der Waals surface area contributed by atoms with E-state index in [1.165, 1.54) is 38.7 Å². The van der Waals surface area contributed by atoms with Crippen molar-refractivity contribution in [2.75, 3.05) is 14.2 Å². The lowest BCUT2D eigenvalue weighted by Crippen LogP contribution is -2.02. The van der Waals surface area contributed by atoms with Crippen LogP contribution in [0.15, 0.2) is 47.1 Å². The molecule has 8 nitrogen and oxygen atoms in total. The van der Waals surface area contributed by atoms with E-state index in [2.05, 4.69) is 0 Å². The summed E-state index contributed by atoms with van der Waals surface area (Å²) in [5.41, 5.74) is 1.06. The van der Waals surface area contributed by atoms with E-state index in [1.54, 1.807) is 24.3 Å². The zero-order valence-electron chi connectivity index (χ0n) is 15.6. The lowest BCUT2D eigenvalue weighted by molar-refractivity contribution is 0.104. The number of ether oxygens (including phenoxy) is 2. The molecular weight excluding hydrogens is 400 g/mol. The van der Waals surface area contributed by atoms with Crippen LogP contribution in [0.5, 0.6) is 17.2 Å². The molecule has 0 saturated heterocycles. The van der Waals surface area contributed by atoms with Crippen molar-refractivity contribution in [1.29, 1.82) is 0 Å². The fourth-order valence-electron chi connectivity index (χ4n) is 3.01. The lowest BCUT2D eigenvalue weighted by atomic mass is 10.0. The molecule has 9 heteroatoms. The van der Waals surface area contributed by atoms with E-state index >= 15 is 0 Å². The van der Waals surface area contributed by atoms with Crippen molar-refractivity contribution >= 4 is 32.9 Å². The third kappa shape index (κ3) is 4.25. The molecule has 29 heavy (non-hydrogen) atoms. The minimum atomic E-state index is -4.17. The van der Waals surface area contributed by atoms with E-state index in [1.807, 2.05) is 0 Å². The van der Waals surface area contributed by atoms with Gasteiger partial charge in [-0.15, -0.1) is 0 Å². The number of benzene rings is 2. The van der Waals surface area contributed by atoms with Crippen LogP contribution >= 0.6 is 0 Å². The summed E-state index contributed by atoms with van der Waals surface area (Å²) in [4.78, 5) is 12.8. The summed E-state index contributed by atoms with van der Waals surface area (Å²) in [6.45, 7) is 0. The summed E-state index contributed by atoms with van der Waals surface area (Å²) >= 11 is 0. The molecular formula is C20H18O8S. The number of carbonyl (C=O) groups is 1. The maximum absolute atomic E-state index is 12.8. The molecule has 1 heterocycles. The summed E-state index contributed by atoms with van der Waals surface area (Å²) in [6.07, 6.45) is 4.07. The van der Waals surface area contributed by atoms with Crippen LogP contribution in [-0.4, -0.2) is 38.1 Å². The Bertz CT molecular complexity index is 1200. The monoisotopic (exact) mass is 418 g/mol. The number of phenolic OH excluding ortho intramolecular Hbond substituents is 1. The Morgan fingerprint density at radius 3 is 2.55 bits per heavy atom. The van der Waals surface area contributed by atoms with Gasteiger partial charge in [-0.2, -0.15) is 8.42 Å². The van der Waals surface area contributed by atoms with E-state index < -0.39 is 27.4 Å². The number of methoxy groups -OCH3 is 2. The van der Waals surface area contributed by atoms with Gasteiger partial charge in [-0.05, 0) is 23.3 Å². The van der Waals surface area contributed by atoms with Gasteiger partial charge in [-0.1, -0.05) is 30.3 Å². The standard InChI is InChI=1S/C20H18O8S/c1-26-18-14-8-9-28-19(14)20(27-2)17(22)16(18)15(21)7-6-12-4-3-5-13(10-12)11-29(23,24)25/h3-10,22H,11H2,1-2H3,(H,23,24,25)/b7-6+. The second-order valence-corrected chi connectivity index (χ2v) is 7.57.